The molecule has 1 unspecified atom stereocenters. The van der Waals surface area contributed by atoms with Gasteiger partial charge in [0.1, 0.15) is 11.6 Å². The molecule has 1 aliphatic heterocycles. The Kier molecular flexibility index (Phi) is 4.94. The molecular weight excluding hydrogens is 252 g/mol. The molecule has 5 nitrogen and oxygen atoms in total. The second-order valence-electron chi connectivity index (χ2n) is 6.05. The normalized spacial score (nSPS) is 23.8. The third-order valence-electron chi connectivity index (χ3n) is 3.58. The van der Waals surface area contributed by atoms with E-state index in [-0.39, 0.29) is 0 Å². The number of hydrogen-bond acceptors (Lipinski definition) is 5. The van der Waals surface area contributed by atoms with Crippen LogP contribution in [-0.4, -0.2) is 45.2 Å². The van der Waals surface area contributed by atoms with E-state index in [0.29, 0.717) is 13.1 Å². The van der Waals surface area contributed by atoms with Gasteiger partial charge in [0, 0.05) is 24.8 Å². The number of piperidine rings is 1. The number of aryl methyl sites for hydroxylation is 1. The molecule has 0 amide bonds. The molecule has 1 aliphatic rings. The summed E-state index contributed by atoms with van der Waals surface area (Å²) in [6.45, 7) is 9.37. The van der Waals surface area contributed by atoms with Crippen molar-refractivity contribution in [3.05, 3.63) is 17.6 Å². The number of likely N-dealkylation sites (tertiary alicyclic amines) is 1. The van der Waals surface area contributed by atoms with Crippen molar-refractivity contribution in [1.29, 1.82) is 0 Å². The van der Waals surface area contributed by atoms with Crippen LogP contribution in [0.25, 0.3) is 0 Å². The van der Waals surface area contributed by atoms with Crippen LogP contribution >= 0.6 is 0 Å². The van der Waals surface area contributed by atoms with E-state index in [2.05, 4.69) is 27.1 Å². The number of β-amino-alcohol motifs (C(OH)–C–C–N with tert-alkyl or cyclic N) is 1. The molecule has 1 saturated heterocycles. The maximum absolute atomic E-state index is 10.2. The molecule has 1 aromatic rings. The first kappa shape index (κ1) is 15.2. The Morgan fingerprint density at radius 3 is 2.95 bits per heavy atom. The minimum atomic E-state index is -0.578. The fourth-order valence-electron chi connectivity index (χ4n) is 2.70. The average molecular weight is 278 g/mol. The van der Waals surface area contributed by atoms with Crippen molar-refractivity contribution in [2.45, 2.75) is 52.2 Å². The van der Waals surface area contributed by atoms with Gasteiger partial charge in [0.2, 0.25) is 0 Å². The molecule has 1 fully saturated rings. The van der Waals surface area contributed by atoms with Crippen LogP contribution in [-0.2, 0) is 6.54 Å². The number of rotatable bonds is 5. The summed E-state index contributed by atoms with van der Waals surface area (Å²) in [5.74, 6) is 1.74. The number of nitrogens with zero attached hydrogens (tertiary/aromatic N) is 3. The summed E-state index contributed by atoms with van der Waals surface area (Å²) in [5, 5.41) is 13.5. The Morgan fingerprint density at radius 2 is 2.25 bits per heavy atom. The second kappa shape index (κ2) is 6.50. The molecule has 20 heavy (non-hydrogen) atoms. The lowest BCUT2D eigenvalue weighted by molar-refractivity contribution is -0.0188. The molecule has 112 valence electrons. The highest BCUT2D eigenvalue weighted by molar-refractivity contribution is 5.35. The molecule has 2 rings (SSSR count). The van der Waals surface area contributed by atoms with Gasteiger partial charge in [-0.1, -0.05) is 6.92 Å². The van der Waals surface area contributed by atoms with Gasteiger partial charge in [0.25, 0.3) is 0 Å². The third kappa shape index (κ3) is 4.42. The molecule has 0 spiro atoms. The Labute approximate surface area is 121 Å². The average Bonchev–Trinajstić information content (AvgIpc) is 2.34. The quantitative estimate of drug-likeness (QED) is 0.862. The lowest BCUT2D eigenvalue weighted by Gasteiger charge is -2.36. The van der Waals surface area contributed by atoms with E-state index >= 15 is 0 Å². The topological polar surface area (TPSA) is 61.3 Å². The predicted molar refractivity (Wildman–Crippen MR) is 80.7 cm³/mol. The number of hydrogen-bond donors (Lipinski definition) is 2. The van der Waals surface area contributed by atoms with Gasteiger partial charge < -0.3 is 10.4 Å². The van der Waals surface area contributed by atoms with E-state index in [4.69, 9.17) is 0 Å². The van der Waals surface area contributed by atoms with Crippen molar-refractivity contribution in [2.24, 2.45) is 0 Å². The van der Waals surface area contributed by atoms with Gasteiger partial charge in [0.15, 0.2) is 0 Å². The SMILES string of the molecule is CCCNc1cc(C)nc(CN2CCCC(C)(O)C2)n1. The zero-order chi connectivity index (χ0) is 14.6. The number of aliphatic hydroxyl groups is 1. The Balaban J connectivity index is 2.03. The molecule has 2 N–H and O–H groups in total. The van der Waals surface area contributed by atoms with Gasteiger partial charge in [-0.05, 0) is 39.7 Å². The third-order valence-corrected chi connectivity index (χ3v) is 3.58. The van der Waals surface area contributed by atoms with E-state index in [1.54, 1.807) is 0 Å². The first-order chi connectivity index (χ1) is 9.48. The Morgan fingerprint density at radius 1 is 1.45 bits per heavy atom. The molecule has 2 heterocycles. The van der Waals surface area contributed by atoms with Crippen LogP contribution in [0.4, 0.5) is 5.82 Å². The molecule has 1 aromatic heterocycles. The smallest absolute Gasteiger partial charge is 0.144 e. The van der Waals surface area contributed by atoms with E-state index in [1.807, 2.05) is 19.9 Å². The summed E-state index contributed by atoms with van der Waals surface area (Å²) in [4.78, 5) is 11.3. The maximum Gasteiger partial charge on any atom is 0.144 e. The summed E-state index contributed by atoms with van der Waals surface area (Å²) in [6.07, 6.45) is 2.98. The number of anilines is 1. The van der Waals surface area contributed by atoms with Gasteiger partial charge in [-0.2, -0.15) is 0 Å². The minimum absolute atomic E-state index is 0.578. The van der Waals surface area contributed by atoms with Crippen LogP contribution in [0.5, 0.6) is 0 Å². The fourth-order valence-corrected chi connectivity index (χ4v) is 2.70. The van der Waals surface area contributed by atoms with Crippen molar-refractivity contribution >= 4 is 5.82 Å². The minimum Gasteiger partial charge on any atom is -0.389 e. The van der Waals surface area contributed by atoms with Crippen LogP contribution < -0.4 is 5.32 Å². The van der Waals surface area contributed by atoms with Gasteiger partial charge in [-0.15, -0.1) is 0 Å². The lowest BCUT2D eigenvalue weighted by Crippen LogP contribution is -2.45. The molecule has 1 atom stereocenters. The first-order valence-corrected chi connectivity index (χ1v) is 7.52. The van der Waals surface area contributed by atoms with Gasteiger partial charge in [-0.3, -0.25) is 4.90 Å². The number of aromatic nitrogens is 2. The zero-order valence-electron chi connectivity index (χ0n) is 12.8. The van der Waals surface area contributed by atoms with Crippen LogP contribution in [0.15, 0.2) is 6.07 Å². The highest BCUT2D eigenvalue weighted by atomic mass is 16.3. The Bertz CT molecular complexity index is 447. The van der Waals surface area contributed by atoms with Crippen molar-refractivity contribution in [3.8, 4) is 0 Å². The summed E-state index contributed by atoms with van der Waals surface area (Å²) in [6, 6.07) is 1.98. The summed E-state index contributed by atoms with van der Waals surface area (Å²) in [7, 11) is 0. The monoisotopic (exact) mass is 278 g/mol. The van der Waals surface area contributed by atoms with Crippen molar-refractivity contribution < 1.29 is 5.11 Å². The molecular formula is C15H26N4O. The van der Waals surface area contributed by atoms with Crippen LogP contribution in [0.3, 0.4) is 0 Å². The van der Waals surface area contributed by atoms with E-state index in [9.17, 15) is 5.11 Å². The standard InChI is InChI=1S/C15H26N4O/c1-4-7-16-13-9-12(2)17-14(18-13)10-19-8-5-6-15(3,20)11-19/h9,20H,4-8,10-11H2,1-3H3,(H,16,17,18). The molecule has 0 bridgehead atoms. The van der Waals surface area contributed by atoms with E-state index < -0.39 is 5.60 Å². The van der Waals surface area contributed by atoms with Crippen molar-refractivity contribution in [2.75, 3.05) is 25.0 Å². The van der Waals surface area contributed by atoms with Crippen molar-refractivity contribution in [1.82, 2.24) is 14.9 Å². The highest BCUT2D eigenvalue weighted by Crippen LogP contribution is 2.21. The van der Waals surface area contributed by atoms with E-state index in [1.165, 1.54) is 0 Å². The molecule has 0 radical (unpaired) electrons. The molecule has 0 aliphatic carbocycles. The summed E-state index contributed by atoms with van der Waals surface area (Å²) in [5.41, 5.74) is 0.406. The fraction of sp³-hybridized carbons (Fsp3) is 0.733. The molecule has 0 saturated carbocycles. The summed E-state index contributed by atoms with van der Waals surface area (Å²) < 4.78 is 0. The second-order valence-corrected chi connectivity index (χ2v) is 6.05. The largest absolute Gasteiger partial charge is 0.389 e. The zero-order valence-corrected chi connectivity index (χ0v) is 12.8. The Hall–Kier alpha value is -1.20. The van der Waals surface area contributed by atoms with Gasteiger partial charge in [-0.25, -0.2) is 9.97 Å². The highest BCUT2D eigenvalue weighted by Gasteiger charge is 2.28. The maximum atomic E-state index is 10.2. The van der Waals surface area contributed by atoms with Crippen LogP contribution in [0.1, 0.15) is 44.6 Å². The molecule has 0 aromatic carbocycles. The predicted octanol–water partition coefficient (Wildman–Crippen LogP) is 1.95. The first-order valence-electron chi connectivity index (χ1n) is 7.52. The summed E-state index contributed by atoms with van der Waals surface area (Å²) >= 11 is 0. The van der Waals surface area contributed by atoms with Crippen molar-refractivity contribution in [3.63, 3.8) is 0 Å². The lowest BCUT2D eigenvalue weighted by atomic mass is 9.95. The van der Waals surface area contributed by atoms with Crippen LogP contribution in [0.2, 0.25) is 0 Å². The van der Waals surface area contributed by atoms with Crippen LogP contribution in [0, 0.1) is 6.92 Å². The molecule has 5 heteroatoms. The van der Waals surface area contributed by atoms with Gasteiger partial charge in [0.05, 0.1) is 12.1 Å². The van der Waals surface area contributed by atoms with Gasteiger partial charge >= 0.3 is 0 Å². The van der Waals surface area contributed by atoms with E-state index in [0.717, 1.165) is 49.7 Å². The number of nitrogens with one attached hydrogen (secondary N) is 1.